The van der Waals surface area contributed by atoms with Crippen molar-refractivity contribution < 1.29 is 24.4 Å². The molecule has 1 rings (SSSR count). The largest absolute Gasteiger partial charge is 0.484 e. The normalized spacial score (nSPS) is 11.5. The second-order valence-electron chi connectivity index (χ2n) is 4.29. The quantitative estimate of drug-likeness (QED) is 0.549. The molecule has 8 heteroatoms. The van der Waals surface area contributed by atoms with E-state index < -0.39 is 22.7 Å². The molecule has 0 aliphatic heterocycles. The van der Waals surface area contributed by atoms with Crippen LogP contribution in [0, 0.1) is 16.0 Å². The number of carbonyl (C=O) groups excluding carboxylic acids is 1. The molecule has 8 nitrogen and oxygen atoms in total. The van der Waals surface area contributed by atoms with Crippen LogP contribution in [0.2, 0.25) is 0 Å². The van der Waals surface area contributed by atoms with Crippen molar-refractivity contribution in [3.05, 3.63) is 34.4 Å². The first-order chi connectivity index (χ1) is 9.93. The second kappa shape index (κ2) is 7.83. The lowest BCUT2D eigenvalue weighted by Gasteiger charge is -2.11. The number of carbonyl (C=O) groups is 2. The van der Waals surface area contributed by atoms with Gasteiger partial charge in [0.25, 0.3) is 11.6 Å². The minimum Gasteiger partial charge on any atom is -0.484 e. The molecule has 1 unspecified atom stereocenters. The summed E-state index contributed by atoms with van der Waals surface area (Å²) in [6.45, 7) is 1.47. The maximum Gasteiger partial charge on any atom is 0.308 e. The highest BCUT2D eigenvalue weighted by molar-refractivity contribution is 5.78. The first-order valence-electron chi connectivity index (χ1n) is 6.30. The average molecular weight is 296 g/mol. The zero-order valence-corrected chi connectivity index (χ0v) is 11.4. The third-order valence-electron chi connectivity index (χ3n) is 2.81. The van der Waals surface area contributed by atoms with E-state index in [1.54, 1.807) is 6.92 Å². The molecule has 1 amide bonds. The number of aliphatic carboxylic acids is 1. The van der Waals surface area contributed by atoms with Crippen LogP contribution < -0.4 is 10.1 Å². The second-order valence-corrected chi connectivity index (χ2v) is 4.29. The smallest absolute Gasteiger partial charge is 0.308 e. The predicted octanol–water partition coefficient (Wildman–Crippen LogP) is 1.20. The summed E-state index contributed by atoms with van der Waals surface area (Å²) in [6, 6.07) is 5.31. The van der Waals surface area contributed by atoms with E-state index in [-0.39, 0.29) is 18.8 Å². The van der Waals surface area contributed by atoms with Gasteiger partial charge in [-0.15, -0.1) is 0 Å². The van der Waals surface area contributed by atoms with Gasteiger partial charge in [-0.25, -0.2) is 0 Å². The summed E-state index contributed by atoms with van der Waals surface area (Å²) in [7, 11) is 0. The van der Waals surface area contributed by atoms with Crippen LogP contribution in [0.25, 0.3) is 0 Å². The van der Waals surface area contributed by atoms with Crippen molar-refractivity contribution >= 4 is 17.6 Å². The van der Waals surface area contributed by atoms with Crippen LogP contribution in [0.1, 0.15) is 13.3 Å². The molecule has 0 saturated heterocycles. The number of nitro benzene ring substituents is 1. The Hall–Kier alpha value is -2.64. The van der Waals surface area contributed by atoms with Gasteiger partial charge in [-0.3, -0.25) is 19.7 Å². The van der Waals surface area contributed by atoms with Crippen molar-refractivity contribution in [2.75, 3.05) is 13.2 Å². The van der Waals surface area contributed by atoms with Gasteiger partial charge < -0.3 is 15.2 Å². The van der Waals surface area contributed by atoms with E-state index in [0.29, 0.717) is 12.2 Å². The van der Waals surface area contributed by atoms with E-state index in [9.17, 15) is 19.7 Å². The van der Waals surface area contributed by atoms with Gasteiger partial charge in [-0.05, 0) is 18.6 Å². The maximum atomic E-state index is 11.5. The summed E-state index contributed by atoms with van der Waals surface area (Å²) in [6.07, 6.45) is 0.415. The number of nitro groups is 1. The minimum absolute atomic E-state index is 0.0360. The Bertz CT molecular complexity index is 514. The lowest BCUT2D eigenvalue weighted by atomic mass is 10.1. The van der Waals surface area contributed by atoms with Gasteiger partial charge in [0.05, 0.1) is 10.8 Å². The van der Waals surface area contributed by atoms with Crippen molar-refractivity contribution in [3.63, 3.8) is 0 Å². The van der Waals surface area contributed by atoms with Crippen LogP contribution in [0.4, 0.5) is 5.69 Å². The molecule has 0 saturated carbocycles. The Labute approximate surface area is 120 Å². The Balaban J connectivity index is 2.39. The van der Waals surface area contributed by atoms with E-state index in [1.807, 2.05) is 0 Å². The van der Waals surface area contributed by atoms with Crippen LogP contribution in [0.3, 0.4) is 0 Å². The lowest BCUT2D eigenvalue weighted by molar-refractivity contribution is -0.384. The Morgan fingerprint density at radius 2 is 2.00 bits per heavy atom. The van der Waals surface area contributed by atoms with Crippen molar-refractivity contribution in [1.29, 1.82) is 0 Å². The van der Waals surface area contributed by atoms with Gasteiger partial charge in [-0.2, -0.15) is 0 Å². The fourth-order valence-electron chi connectivity index (χ4n) is 1.51. The summed E-state index contributed by atoms with van der Waals surface area (Å²) >= 11 is 0. The van der Waals surface area contributed by atoms with Gasteiger partial charge >= 0.3 is 5.97 Å². The molecular formula is C13H16N2O6. The number of nitrogens with zero attached hydrogens (tertiary/aromatic N) is 1. The molecule has 2 N–H and O–H groups in total. The first-order valence-corrected chi connectivity index (χ1v) is 6.30. The summed E-state index contributed by atoms with van der Waals surface area (Å²) in [5.41, 5.74) is -0.0703. The van der Waals surface area contributed by atoms with Crippen LogP contribution in [-0.2, 0) is 9.59 Å². The van der Waals surface area contributed by atoms with Gasteiger partial charge in [-0.1, -0.05) is 6.92 Å². The van der Waals surface area contributed by atoms with Crippen molar-refractivity contribution in [3.8, 4) is 5.75 Å². The van der Waals surface area contributed by atoms with Crippen LogP contribution in [0.5, 0.6) is 5.75 Å². The zero-order chi connectivity index (χ0) is 15.8. The highest BCUT2D eigenvalue weighted by Crippen LogP contribution is 2.17. The van der Waals surface area contributed by atoms with Gasteiger partial charge in [0, 0.05) is 18.7 Å². The number of hydrogen-bond donors (Lipinski definition) is 2. The summed E-state index contributed by atoms with van der Waals surface area (Å²) in [5.74, 6) is -1.73. The first kappa shape index (κ1) is 16.4. The molecule has 0 aliphatic rings. The highest BCUT2D eigenvalue weighted by atomic mass is 16.6. The molecule has 1 aromatic rings. The fourth-order valence-corrected chi connectivity index (χ4v) is 1.51. The lowest BCUT2D eigenvalue weighted by Crippen LogP contribution is -2.35. The molecule has 0 aliphatic carbocycles. The van der Waals surface area contributed by atoms with E-state index in [4.69, 9.17) is 9.84 Å². The topological polar surface area (TPSA) is 119 Å². The Kier molecular flexibility index (Phi) is 6.12. The molecule has 0 spiro atoms. The average Bonchev–Trinajstić information content (AvgIpc) is 2.45. The zero-order valence-electron chi connectivity index (χ0n) is 11.4. The number of hydrogen-bond acceptors (Lipinski definition) is 5. The summed E-state index contributed by atoms with van der Waals surface area (Å²) in [5, 5.41) is 21.8. The molecule has 114 valence electrons. The van der Waals surface area contributed by atoms with Crippen molar-refractivity contribution in [1.82, 2.24) is 5.32 Å². The van der Waals surface area contributed by atoms with Crippen LogP contribution >= 0.6 is 0 Å². The number of benzene rings is 1. The molecule has 1 atom stereocenters. The molecule has 0 aromatic heterocycles. The SMILES string of the molecule is CCC(CNC(=O)COc1ccc([N+](=O)[O-])cc1)C(=O)O. The molecule has 0 fully saturated rings. The fraction of sp³-hybridized carbons (Fsp3) is 0.385. The number of nitrogens with one attached hydrogen (secondary N) is 1. The number of rotatable bonds is 8. The van der Waals surface area contributed by atoms with Gasteiger partial charge in [0.1, 0.15) is 5.75 Å². The Morgan fingerprint density at radius 3 is 2.48 bits per heavy atom. The third-order valence-corrected chi connectivity index (χ3v) is 2.81. The van der Waals surface area contributed by atoms with Gasteiger partial charge in [0.2, 0.25) is 0 Å². The van der Waals surface area contributed by atoms with E-state index in [2.05, 4.69) is 5.32 Å². The van der Waals surface area contributed by atoms with E-state index in [0.717, 1.165) is 0 Å². The number of amides is 1. The van der Waals surface area contributed by atoms with Crippen molar-refractivity contribution in [2.24, 2.45) is 5.92 Å². The number of non-ortho nitro benzene ring substituents is 1. The molecule has 0 bridgehead atoms. The minimum atomic E-state index is -0.964. The summed E-state index contributed by atoms with van der Waals surface area (Å²) < 4.78 is 5.15. The van der Waals surface area contributed by atoms with Crippen molar-refractivity contribution in [2.45, 2.75) is 13.3 Å². The highest BCUT2D eigenvalue weighted by Gasteiger charge is 2.16. The standard InChI is InChI=1S/C13H16N2O6/c1-2-9(13(17)18)7-14-12(16)8-21-11-5-3-10(4-6-11)15(19)20/h3-6,9H,2,7-8H2,1H3,(H,14,16)(H,17,18). The molecule has 1 aromatic carbocycles. The molecular weight excluding hydrogens is 280 g/mol. The number of carboxylic acid groups (broad SMARTS) is 1. The van der Waals surface area contributed by atoms with E-state index >= 15 is 0 Å². The number of carboxylic acids is 1. The monoisotopic (exact) mass is 296 g/mol. The summed E-state index contributed by atoms with van der Waals surface area (Å²) in [4.78, 5) is 32.2. The predicted molar refractivity (Wildman–Crippen MR) is 73.0 cm³/mol. The molecule has 0 heterocycles. The maximum absolute atomic E-state index is 11.5. The third kappa shape index (κ3) is 5.47. The van der Waals surface area contributed by atoms with Crippen LogP contribution in [0.15, 0.2) is 24.3 Å². The Morgan fingerprint density at radius 1 is 1.38 bits per heavy atom. The van der Waals surface area contributed by atoms with E-state index in [1.165, 1.54) is 24.3 Å². The number of ether oxygens (including phenoxy) is 1. The molecule has 21 heavy (non-hydrogen) atoms. The van der Waals surface area contributed by atoms with Gasteiger partial charge in [0.15, 0.2) is 6.61 Å². The van der Waals surface area contributed by atoms with Crippen LogP contribution in [-0.4, -0.2) is 35.1 Å². The molecule has 0 radical (unpaired) electrons.